The number of carbonyl (C=O) groups is 1. The van der Waals surface area contributed by atoms with Crippen molar-refractivity contribution >= 4 is 37.5 Å². The van der Waals surface area contributed by atoms with Crippen LogP contribution in [0.3, 0.4) is 0 Å². The van der Waals surface area contributed by atoms with Crippen molar-refractivity contribution in [3.63, 3.8) is 0 Å². The lowest BCUT2D eigenvalue weighted by Crippen LogP contribution is -2.45. The van der Waals surface area contributed by atoms with E-state index in [0.717, 1.165) is 0 Å². The van der Waals surface area contributed by atoms with E-state index in [-0.39, 0.29) is 27.6 Å². The fraction of sp³-hybridized carbons (Fsp3) is 0.600. The second-order valence-corrected chi connectivity index (χ2v) is 21.4. The highest BCUT2D eigenvalue weighted by Gasteiger charge is 2.62. The molecule has 4 atom stereocenters. The van der Waals surface area contributed by atoms with Crippen LogP contribution in [0.2, 0.25) is 28.2 Å². The van der Waals surface area contributed by atoms with Crippen LogP contribution >= 0.6 is 23.2 Å². The number of benzene rings is 2. The number of nitrogens with one attached hydrogen (secondary N) is 1. The Bertz CT molecular complexity index is 1420. The molecule has 6 nitrogen and oxygen atoms in total. The number of halogens is 3. The summed E-state index contributed by atoms with van der Waals surface area (Å²) < 4.78 is 34.6. The maximum absolute atomic E-state index is 16.0. The highest BCUT2D eigenvalue weighted by Crippen LogP contribution is 2.54. The molecule has 2 aromatic rings. The van der Waals surface area contributed by atoms with Crippen LogP contribution < -0.4 is 10.1 Å². The van der Waals surface area contributed by atoms with Gasteiger partial charge < -0.3 is 13.9 Å². The van der Waals surface area contributed by atoms with Crippen molar-refractivity contribution in [2.45, 2.75) is 116 Å². The van der Waals surface area contributed by atoms with Crippen molar-refractivity contribution in [1.82, 2.24) is 5.32 Å². The Labute approximate surface area is 280 Å². The van der Waals surface area contributed by atoms with E-state index in [2.05, 4.69) is 45.3 Å². The van der Waals surface area contributed by atoms with E-state index in [1.165, 1.54) is 6.07 Å². The van der Waals surface area contributed by atoms with Crippen LogP contribution in [0.5, 0.6) is 5.75 Å². The Morgan fingerprint density at radius 1 is 1.00 bits per heavy atom. The molecule has 2 aromatic carbocycles. The van der Waals surface area contributed by atoms with Gasteiger partial charge in [-0.05, 0) is 81.1 Å². The van der Waals surface area contributed by atoms with Crippen molar-refractivity contribution in [3.05, 3.63) is 63.4 Å². The molecule has 1 saturated heterocycles. The highest BCUT2D eigenvalue weighted by atomic mass is 35.5. The van der Waals surface area contributed by atoms with Crippen molar-refractivity contribution in [3.8, 4) is 11.8 Å². The van der Waals surface area contributed by atoms with Gasteiger partial charge in [-0.3, -0.25) is 10.1 Å². The topological polar surface area (TPSA) is 80.6 Å². The molecular formula is C35H49Cl2FN2O4Si. The molecule has 248 valence electrons. The third-order valence-electron chi connectivity index (χ3n) is 8.71. The van der Waals surface area contributed by atoms with E-state index < -0.39 is 49.1 Å². The summed E-state index contributed by atoms with van der Waals surface area (Å²) in [6.45, 7) is 22.9. The van der Waals surface area contributed by atoms with Gasteiger partial charge in [0, 0.05) is 33.1 Å². The van der Waals surface area contributed by atoms with Crippen LogP contribution in [-0.4, -0.2) is 45.2 Å². The van der Waals surface area contributed by atoms with Crippen molar-refractivity contribution < 1.29 is 23.1 Å². The molecule has 0 bridgehead atoms. The Hall–Kier alpha value is -2.15. The minimum Gasteiger partial charge on any atom is -0.491 e. The molecule has 0 aliphatic carbocycles. The summed E-state index contributed by atoms with van der Waals surface area (Å²) in [5.74, 6) is -1.68. The number of nitrogens with zero attached hydrogens (tertiary/aromatic N) is 1. The minimum atomic E-state index is -2.02. The molecule has 3 rings (SSSR count). The van der Waals surface area contributed by atoms with Crippen LogP contribution in [0.25, 0.3) is 0 Å². The Balaban J connectivity index is 2.24. The van der Waals surface area contributed by atoms with Crippen molar-refractivity contribution in [2.24, 2.45) is 5.41 Å². The molecule has 0 unspecified atom stereocenters. The summed E-state index contributed by atoms with van der Waals surface area (Å²) in [5, 5.41) is 15.3. The molecule has 0 radical (unpaired) electrons. The zero-order chi connectivity index (χ0) is 34.2. The SMILES string of the molecule is CC(C)(C)C[C@@H]1N[C@@H](C(=O)OC(C)(C)C)[C@H](c2cc(Cl)ccc2OCCO[Si](C)(C)C(C)(C)C)[C@@]1(C#N)c1ccc(Cl)cc1F. The largest absolute Gasteiger partial charge is 0.491 e. The van der Waals surface area contributed by atoms with Crippen molar-refractivity contribution in [1.29, 1.82) is 5.26 Å². The van der Waals surface area contributed by atoms with Crippen molar-refractivity contribution in [2.75, 3.05) is 13.2 Å². The van der Waals surface area contributed by atoms with Crippen LogP contribution in [0, 0.1) is 22.6 Å². The molecule has 1 aliphatic heterocycles. The zero-order valence-corrected chi connectivity index (χ0v) is 31.0. The first kappa shape index (κ1) is 37.3. The molecule has 0 spiro atoms. The van der Waals surface area contributed by atoms with Crippen LogP contribution in [0.4, 0.5) is 4.39 Å². The lowest BCUT2D eigenvalue weighted by Gasteiger charge is -2.38. The van der Waals surface area contributed by atoms with Gasteiger partial charge in [-0.15, -0.1) is 0 Å². The number of carbonyl (C=O) groups excluding carboxylic acids is 1. The predicted molar refractivity (Wildman–Crippen MR) is 182 cm³/mol. The molecular weight excluding hydrogens is 630 g/mol. The highest BCUT2D eigenvalue weighted by molar-refractivity contribution is 6.74. The van der Waals surface area contributed by atoms with Crippen LogP contribution in [-0.2, 0) is 19.4 Å². The van der Waals surface area contributed by atoms with E-state index in [4.69, 9.17) is 37.1 Å². The summed E-state index contributed by atoms with van der Waals surface area (Å²) in [7, 11) is -2.02. The Morgan fingerprint density at radius 3 is 2.13 bits per heavy atom. The van der Waals surface area contributed by atoms with Gasteiger partial charge in [0.2, 0.25) is 0 Å². The fourth-order valence-electron chi connectivity index (χ4n) is 5.70. The van der Waals surface area contributed by atoms with E-state index in [1.54, 1.807) is 51.1 Å². The molecule has 1 heterocycles. The smallest absolute Gasteiger partial charge is 0.324 e. The average molecular weight is 680 g/mol. The molecule has 10 heteroatoms. The first-order chi connectivity index (χ1) is 20.5. The zero-order valence-electron chi connectivity index (χ0n) is 28.5. The summed E-state index contributed by atoms with van der Waals surface area (Å²) in [6, 6.07) is 10.3. The third-order valence-corrected chi connectivity index (χ3v) is 13.7. The van der Waals surface area contributed by atoms with E-state index >= 15 is 4.39 Å². The standard InChI is InChI=1S/C35H49Cl2FN2O4Si/c1-32(2,3)20-28-35(21-39,25-14-12-23(37)19-26(25)38)29(30(40-28)31(41)44-33(4,5)6)24-18-22(36)13-15-27(24)42-16-17-43-45(10,11)34(7,8)9/h12-15,18-19,28-30,40H,16-17,20H2,1-11H3/t28-,29-,30+,35-/m0/s1. The van der Waals surface area contributed by atoms with Gasteiger partial charge in [-0.25, -0.2) is 4.39 Å². The molecule has 1 fully saturated rings. The molecule has 0 aromatic heterocycles. The van der Waals surface area contributed by atoms with Gasteiger partial charge in [0.15, 0.2) is 8.32 Å². The normalized spacial score (nSPS) is 22.6. The molecule has 1 N–H and O–H groups in total. The maximum Gasteiger partial charge on any atom is 0.324 e. The number of hydrogen-bond donors (Lipinski definition) is 1. The van der Waals surface area contributed by atoms with Gasteiger partial charge in [0.25, 0.3) is 0 Å². The van der Waals surface area contributed by atoms with Gasteiger partial charge in [-0.1, -0.05) is 70.8 Å². The van der Waals surface area contributed by atoms with Crippen LogP contribution in [0.1, 0.15) is 85.8 Å². The van der Waals surface area contributed by atoms with E-state index in [9.17, 15) is 10.1 Å². The lowest BCUT2D eigenvalue weighted by atomic mass is 9.62. The van der Waals surface area contributed by atoms with Gasteiger partial charge in [0.05, 0.1) is 12.7 Å². The Kier molecular flexibility index (Phi) is 11.2. The minimum absolute atomic E-state index is 0.0334. The molecule has 1 aliphatic rings. The second-order valence-electron chi connectivity index (χ2n) is 15.7. The quantitative estimate of drug-likeness (QED) is 0.162. The number of esters is 1. The average Bonchev–Trinajstić information content (AvgIpc) is 3.18. The van der Waals surface area contributed by atoms with Crippen LogP contribution in [0.15, 0.2) is 36.4 Å². The number of rotatable bonds is 9. The fourth-order valence-corrected chi connectivity index (χ4v) is 7.06. The number of hydrogen-bond acceptors (Lipinski definition) is 6. The molecule has 45 heavy (non-hydrogen) atoms. The summed E-state index contributed by atoms with van der Waals surface area (Å²) in [5.41, 5.74) is -2.01. The molecule has 0 saturated carbocycles. The number of nitriles is 1. The first-order valence-electron chi connectivity index (χ1n) is 15.4. The summed E-state index contributed by atoms with van der Waals surface area (Å²) >= 11 is 12.8. The molecule has 0 amide bonds. The third kappa shape index (κ3) is 8.61. The van der Waals surface area contributed by atoms with E-state index in [0.29, 0.717) is 29.4 Å². The summed E-state index contributed by atoms with van der Waals surface area (Å²) in [6.07, 6.45) is 0.454. The van der Waals surface area contributed by atoms with E-state index in [1.807, 2.05) is 20.8 Å². The maximum atomic E-state index is 16.0. The second kappa shape index (κ2) is 13.5. The summed E-state index contributed by atoms with van der Waals surface area (Å²) in [4.78, 5) is 14.0. The van der Waals surface area contributed by atoms with Gasteiger partial charge in [-0.2, -0.15) is 5.26 Å². The van der Waals surface area contributed by atoms with Gasteiger partial charge in [0.1, 0.15) is 35.2 Å². The van der Waals surface area contributed by atoms with Gasteiger partial charge >= 0.3 is 5.97 Å². The predicted octanol–water partition coefficient (Wildman–Crippen LogP) is 9.20. The Morgan fingerprint density at radius 2 is 1.60 bits per heavy atom. The first-order valence-corrected chi connectivity index (χ1v) is 19.1. The number of ether oxygens (including phenoxy) is 2. The lowest BCUT2D eigenvalue weighted by molar-refractivity contribution is -0.157. The monoisotopic (exact) mass is 678 g/mol.